The summed E-state index contributed by atoms with van der Waals surface area (Å²) < 4.78 is 5.31. The van der Waals surface area contributed by atoms with E-state index in [0.717, 1.165) is 30.6 Å². The highest BCUT2D eigenvalue weighted by atomic mass is 16.5. The fourth-order valence-corrected chi connectivity index (χ4v) is 3.34. The van der Waals surface area contributed by atoms with Gasteiger partial charge in [0.15, 0.2) is 0 Å². The number of methoxy groups -OCH3 is 1. The quantitative estimate of drug-likeness (QED) is 0.943. The number of amides is 1. The van der Waals surface area contributed by atoms with Crippen molar-refractivity contribution in [3.8, 4) is 5.75 Å². The van der Waals surface area contributed by atoms with Gasteiger partial charge in [0.2, 0.25) is 5.56 Å². The summed E-state index contributed by atoms with van der Waals surface area (Å²) in [6.45, 7) is 2.49. The van der Waals surface area contributed by atoms with Crippen LogP contribution in [0.3, 0.4) is 0 Å². The number of nitrogens with one attached hydrogen (secondary N) is 1. The first-order chi connectivity index (χ1) is 11.6. The first-order valence-electron chi connectivity index (χ1n) is 8.24. The van der Waals surface area contributed by atoms with Crippen LogP contribution in [0.15, 0.2) is 41.2 Å². The third kappa shape index (κ3) is 3.35. The zero-order valence-corrected chi connectivity index (χ0v) is 14.0. The summed E-state index contributed by atoms with van der Waals surface area (Å²) in [6, 6.07) is 11.0. The summed E-state index contributed by atoms with van der Waals surface area (Å²) in [6.07, 6.45) is 2.98. The van der Waals surface area contributed by atoms with Gasteiger partial charge in [-0.25, -0.2) is 0 Å². The summed E-state index contributed by atoms with van der Waals surface area (Å²) in [5, 5.41) is 0. The topological polar surface area (TPSA) is 62.4 Å². The zero-order valence-electron chi connectivity index (χ0n) is 14.0. The second-order valence-corrected chi connectivity index (χ2v) is 6.20. The van der Waals surface area contributed by atoms with Gasteiger partial charge in [0, 0.05) is 23.9 Å². The molecule has 1 unspecified atom stereocenters. The third-order valence-corrected chi connectivity index (χ3v) is 4.47. The number of aryl methyl sites for hydroxylation is 1. The Balaban J connectivity index is 1.94. The van der Waals surface area contributed by atoms with E-state index in [4.69, 9.17) is 4.74 Å². The Kier molecular flexibility index (Phi) is 4.69. The average molecular weight is 326 g/mol. The first kappa shape index (κ1) is 16.3. The van der Waals surface area contributed by atoms with E-state index in [1.54, 1.807) is 20.1 Å². The van der Waals surface area contributed by atoms with Crippen molar-refractivity contribution in [1.82, 2.24) is 9.88 Å². The normalized spacial score (nSPS) is 17.6. The van der Waals surface area contributed by atoms with Crippen molar-refractivity contribution in [1.29, 1.82) is 0 Å². The van der Waals surface area contributed by atoms with Gasteiger partial charge in [-0.1, -0.05) is 12.1 Å². The van der Waals surface area contributed by atoms with Crippen LogP contribution in [0.2, 0.25) is 0 Å². The molecule has 5 heteroatoms. The van der Waals surface area contributed by atoms with Crippen molar-refractivity contribution >= 4 is 5.91 Å². The lowest BCUT2D eigenvalue weighted by atomic mass is 9.94. The Labute approximate surface area is 141 Å². The van der Waals surface area contributed by atoms with Gasteiger partial charge >= 0.3 is 0 Å². The Morgan fingerprint density at radius 3 is 2.83 bits per heavy atom. The van der Waals surface area contributed by atoms with Gasteiger partial charge in [-0.15, -0.1) is 0 Å². The fraction of sp³-hybridized carbons (Fsp3) is 0.368. The van der Waals surface area contributed by atoms with E-state index in [-0.39, 0.29) is 17.5 Å². The Hall–Kier alpha value is -2.56. The molecule has 126 valence electrons. The summed E-state index contributed by atoms with van der Waals surface area (Å²) in [5.74, 6) is 0.703. The van der Waals surface area contributed by atoms with Crippen LogP contribution in [0, 0.1) is 6.92 Å². The highest BCUT2D eigenvalue weighted by Crippen LogP contribution is 2.33. The van der Waals surface area contributed by atoms with Gasteiger partial charge in [-0.05, 0) is 49.9 Å². The Morgan fingerprint density at radius 1 is 1.25 bits per heavy atom. The molecule has 1 fully saturated rings. The van der Waals surface area contributed by atoms with Crippen LogP contribution in [0.4, 0.5) is 0 Å². The van der Waals surface area contributed by atoms with Crippen molar-refractivity contribution in [2.24, 2.45) is 0 Å². The van der Waals surface area contributed by atoms with E-state index in [0.29, 0.717) is 17.8 Å². The van der Waals surface area contributed by atoms with Crippen molar-refractivity contribution in [2.45, 2.75) is 32.2 Å². The minimum absolute atomic E-state index is 0.0148. The number of piperidine rings is 1. The molecule has 2 heterocycles. The van der Waals surface area contributed by atoms with Crippen molar-refractivity contribution < 1.29 is 9.53 Å². The number of aromatic nitrogens is 1. The molecule has 1 aromatic carbocycles. The van der Waals surface area contributed by atoms with Crippen LogP contribution in [0.5, 0.6) is 5.75 Å². The number of ether oxygens (including phenoxy) is 1. The lowest BCUT2D eigenvalue weighted by molar-refractivity contribution is 0.0611. The SMILES string of the molecule is COc1cccc(C2CCCCN2C(=O)c2cc(C)[nH]c(=O)c2)c1. The number of benzene rings is 1. The molecule has 0 spiro atoms. The van der Waals surface area contributed by atoms with Gasteiger partial charge in [0.1, 0.15) is 5.75 Å². The molecule has 3 rings (SSSR count). The Bertz CT molecular complexity index is 797. The molecule has 5 nitrogen and oxygen atoms in total. The molecule has 0 aliphatic carbocycles. The van der Waals surface area contributed by atoms with E-state index in [9.17, 15) is 9.59 Å². The molecule has 24 heavy (non-hydrogen) atoms. The second-order valence-electron chi connectivity index (χ2n) is 6.20. The number of aromatic amines is 1. The highest BCUT2D eigenvalue weighted by molar-refractivity contribution is 5.94. The van der Waals surface area contributed by atoms with E-state index in [1.807, 2.05) is 29.2 Å². The van der Waals surface area contributed by atoms with Crippen molar-refractivity contribution in [2.75, 3.05) is 13.7 Å². The summed E-state index contributed by atoms with van der Waals surface area (Å²) in [4.78, 5) is 29.2. The molecule has 1 aliphatic rings. The molecule has 0 radical (unpaired) electrons. The minimum atomic E-state index is -0.242. The number of hydrogen-bond donors (Lipinski definition) is 1. The Morgan fingerprint density at radius 2 is 2.08 bits per heavy atom. The molecule has 1 amide bonds. The molecule has 1 atom stereocenters. The molecular formula is C19H22N2O3. The number of carbonyl (C=O) groups is 1. The molecular weight excluding hydrogens is 304 g/mol. The third-order valence-electron chi connectivity index (χ3n) is 4.47. The zero-order chi connectivity index (χ0) is 17.1. The monoisotopic (exact) mass is 326 g/mol. The van der Waals surface area contributed by atoms with Gasteiger partial charge < -0.3 is 14.6 Å². The number of likely N-dealkylation sites (tertiary alicyclic amines) is 1. The maximum Gasteiger partial charge on any atom is 0.254 e. The predicted molar refractivity (Wildman–Crippen MR) is 92.4 cm³/mol. The molecule has 1 N–H and O–H groups in total. The fourth-order valence-electron chi connectivity index (χ4n) is 3.34. The first-order valence-corrected chi connectivity index (χ1v) is 8.24. The van der Waals surface area contributed by atoms with Crippen LogP contribution >= 0.6 is 0 Å². The van der Waals surface area contributed by atoms with Gasteiger partial charge in [0.05, 0.1) is 13.2 Å². The molecule has 0 bridgehead atoms. The largest absolute Gasteiger partial charge is 0.497 e. The number of pyridine rings is 1. The van der Waals surface area contributed by atoms with Gasteiger partial charge in [-0.3, -0.25) is 9.59 Å². The number of hydrogen-bond acceptors (Lipinski definition) is 3. The summed E-state index contributed by atoms with van der Waals surface area (Å²) in [5.41, 5.74) is 1.98. The standard InChI is InChI=1S/C19H22N2O3/c1-13-10-15(12-18(22)20-13)19(23)21-9-4-3-8-17(21)14-6-5-7-16(11-14)24-2/h5-7,10-12,17H,3-4,8-9H2,1-2H3,(H,20,22). The van der Waals surface area contributed by atoms with Crippen LogP contribution in [0.1, 0.15) is 46.9 Å². The average Bonchev–Trinajstić information content (AvgIpc) is 2.60. The second kappa shape index (κ2) is 6.91. The smallest absolute Gasteiger partial charge is 0.254 e. The number of carbonyl (C=O) groups excluding carboxylic acids is 1. The van der Waals surface area contributed by atoms with Crippen LogP contribution < -0.4 is 10.3 Å². The van der Waals surface area contributed by atoms with Gasteiger partial charge in [0.25, 0.3) is 5.91 Å². The molecule has 1 aliphatic heterocycles. The van der Waals surface area contributed by atoms with E-state index in [1.165, 1.54) is 6.07 Å². The minimum Gasteiger partial charge on any atom is -0.497 e. The number of nitrogens with zero attached hydrogens (tertiary/aromatic N) is 1. The number of H-pyrrole nitrogens is 1. The molecule has 0 saturated carbocycles. The molecule has 2 aromatic rings. The van der Waals surface area contributed by atoms with Crippen molar-refractivity contribution in [3.05, 3.63) is 63.6 Å². The number of rotatable bonds is 3. The van der Waals surface area contributed by atoms with Crippen LogP contribution in [-0.2, 0) is 0 Å². The molecule has 1 aromatic heterocycles. The van der Waals surface area contributed by atoms with Crippen LogP contribution in [-0.4, -0.2) is 29.4 Å². The van der Waals surface area contributed by atoms with Gasteiger partial charge in [-0.2, -0.15) is 0 Å². The lowest BCUT2D eigenvalue weighted by Gasteiger charge is -2.36. The lowest BCUT2D eigenvalue weighted by Crippen LogP contribution is -2.39. The van der Waals surface area contributed by atoms with E-state index in [2.05, 4.69) is 4.98 Å². The van der Waals surface area contributed by atoms with Crippen LogP contribution in [0.25, 0.3) is 0 Å². The highest BCUT2D eigenvalue weighted by Gasteiger charge is 2.29. The maximum absolute atomic E-state index is 13.0. The van der Waals surface area contributed by atoms with E-state index < -0.39 is 0 Å². The predicted octanol–water partition coefficient (Wildman–Crippen LogP) is 3.06. The maximum atomic E-state index is 13.0. The summed E-state index contributed by atoms with van der Waals surface area (Å²) >= 11 is 0. The van der Waals surface area contributed by atoms with E-state index >= 15 is 0 Å². The summed E-state index contributed by atoms with van der Waals surface area (Å²) in [7, 11) is 1.64. The molecule has 1 saturated heterocycles. The van der Waals surface area contributed by atoms with Crippen molar-refractivity contribution in [3.63, 3.8) is 0 Å².